The Balaban J connectivity index is 1.70. The highest BCUT2D eigenvalue weighted by Crippen LogP contribution is 2.51. The van der Waals surface area contributed by atoms with E-state index in [4.69, 9.17) is 15.2 Å². The Kier molecular flexibility index (Phi) is 7.35. The highest BCUT2D eigenvalue weighted by atomic mass is 19.4. The molecule has 0 amide bonds. The van der Waals surface area contributed by atoms with Gasteiger partial charge in [-0.05, 0) is 65.9 Å². The van der Waals surface area contributed by atoms with Gasteiger partial charge < -0.3 is 25.4 Å². The maximum atomic E-state index is 14.9. The molecule has 11 heteroatoms. The Morgan fingerprint density at radius 1 is 1.11 bits per heavy atom. The quantitative estimate of drug-likeness (QED) is 0.258. The number of ether oxygens (including phenoxy) is 2. The number of alkyl halides is 3. The molecule has 0 aliphatic heterocycles. The average molecular weight is 536 g/mol. The summed E-state index contributed by atoms with van der Waals surface area (Å²) in [4.78, 5) is 11.1. The molecule has 1 aliphatic rings. The van der Waals surface area contributed by atoms with Crippen LogP contribution in [0.25, 0.3) is 10.9 Å². The van der Waals surface area contributed by atoms with Gasteiger partial charge in [0.25, 0.3) is 0 Å². The van der Waals surface area contributed by atoms with Crippen molar-refractivity contribution in [2.75, 3.05) is 38.9 Å². The van der Waals surface area contributed by atoms with Crippen LogP contribution in [-0.4, -0.2) is 48.7 Å². The zero-order chi connectivity index (χ0) is 28.0. The molecule has 1 fully saturated rings. The van der Waals surface area contributed by atoms with Gasteiger partial charge in [0, 0.05) is 34.2 Å². The summed E-state index contributed by atoms with van der Waals surface area (Å²) in [5.74, 6) is 0.362. The fourth-order valence-electron chi connectivity index (χ4n) is 4.72. The fraction of sp³-hybridized carbons (Fsp3) is 0.481. The minimum absolute atomic E-state index is 0.0454. The number of nitrogens with two attached hydrogens (primary N) is 1. The molecule has 3 aromatic rings. The molecule has 1 saturated carbocycles. The van der Waals surface area contributed by atoms with Crippen molar-refractivity contribution in [1.82, 2.24) is 14.9 Å². The van der Waals surface area contributed by atoms with Crippen molar-refractivity contribution in [3.05, 3.63) is 47.0 Å². The molecule has 0 spiro atoms. The third-order valence-electron chi connectivity index (χ3n) is 7.41. The lowest BCUT2D eigenvalue weighted by Crippen LogP contribution is -2.37. The molecule has 3 N–H and O–H groups in total. The number of aromatic nitrogens is 2. The molecule has 1 aliphatic carbocycles. The van der Waals surface area contributed by atoms with Crippen LogP contribution in [0.15, 0.2) is 24.3 Å². The van der Waals surface area contributed by atoms with Gasteiger partial charge in [-0.2, -0.15) is 13.2 Å². The van der Waals surface area contributed by atoms with Crippen molar-refractivity contribution in [1.29, 1.82) is 0 Å². The van der Waals surface area contributed by atoms with Crippen LogP contribution in [0.2, 0.25) is 0 Å². The van der Waals surface area contributed by atoms with Crippen LogP contribution in [0, 0.1) is 18.2 Å². The number of anilines is 2. The predicted molar refractivity (Wildman–Crippen MR) is 139 cm³/mol. The Bertz CT molecular complexity index is 1340. The SMILES string of the molecule is COc1cc2nc(C)nc(N[C@H](C)c3cc(N)cc(C(F)(F)F)c3F)c2cc1OCC1([C@H](C)N(C)C)CC1. The molecular weight excluding hydrogens is 502 g/mol. The minimum Gasteiger partial charge on any atom is -0.493 e. The van der Waals surface area contributed by atoms with E-state index in [2.05, 4.69) is 27.1 Å². The van der Waals surface area contributed by atoms with Crippen molar-refractivity contribution >= 4 is 22.4 Å². The number of hydrogen-bond donors (Lipinski definition) is 2. The topological polar surface area (TPSA) is 85.5 Å². The molecule has 1 heterocycles. The van der Waals surface area contributed by atoms with Crippen molar-refractivity contribution in [3.8, 4) is 11.5 Å². The summed E-state index contributed by atoms with van der Waals surface area (Å²) in [7, 11) is 5.63. The number of aryl methyl sites for hydroxylation is 1. The summed E-state index contributed by atoms with van der Waals surface area (Å²) in [5, 5.41) is 3.61. The second kappa shape index (κ2) is 10.1. The second-order valence-corrected chi connectivity index (χ2v) is 10.3. The van der Waals surface area contributed by atoms with Gasteiger partial charge >= 0.3 is 6.18 Å². The van der Waals surface area contributed by atoms with E-state index < -0.39 is 23.6 Å². The summed E-state index contributed by atoms with van der Waals surface area (Å²) >= 11 is 0. The van der Waals surface area contributed by atoms with E-state index in [1.165, 1.54) is 6.07 Å². The van der Waals surface area contributed by atoms with Crippen LogP contribution in [0.5, 0.6) is 11.5 Å². The number of benzene rings is 2. The minimum atomic E-state index is -4.88. The highest BCUT2D eigenvalue weighted by Gasteiger charge is 2.49. The van der Waals surface area contributed by atoms with Gasteiger partial charge in [-0.25, -0.2) is 14.4 Å². The van der Waals surface area contributed by atoms with Crippen LogP contribution in [-0.2, 0) is 6.18 Å². The van der Waals surface area contributed by atoms with Crippen molar-refractivity contribution < 1.29 is 27.0 Å². The summed E-state index contributed by atoms with van der Waals surface area (Å²) in [6, 6.07) is 4.70. The van der Waals surface area contributed by atoms with Crippen molar-refractivity contribution in [3.63, 3.8) is 0 Å². The van der Waals surface area contributed by atoms with E-state index in [1.807, 2.05) is 14.1 Å². The molecule has 7 nitrogen and oxygen atoms in total. The molecule has 38 heavy (non-hydrogen) atoms. The van der Waals surface area contributed by atoms with E-state index >= 15 is 0 Å². The predicted octanol–water partition coefficient (Wildman–Crippen LogP) is 5.97. The summed E-state index contributed by atoms with van der Waals surface area (Å²) < 4.78 is 66.8. The van der Waals surface area contributed by atoms with Gasteiger partial charge in [0.2, 0.25) is 0 Å². The van der Waals surface area contributed by atoms with Gasteiger partial charge in [0.05, 0.1) is 30.8 Å². The molecule has 0 bridgehead atoms. The third-order valence-corrected chi connectivity index (χ3v) is 7.41. The Hall–Kier alpha value is -3.34. The first-order chi connectivity index (χ1) is 17.8. The Morgan fingerprint density at radius 3 is 2.37 bits per heavy atom. The number of hydrogen-bond acceptors (Lipinski definition) is 7. The number of nitrogens with zero attached hydrogens (tertiary/aromatic N) is 3. The number of fused-ring (bicyclic) bond motifs is 1. The van der Waals surface area contributed by atoms with Crippen molar-refractivity contribution in [2.45, 2.75) is 51.9 Å². The monoisotopic (exact) mass is 535 g/mol. The fourth-order valence-corrected chi connectivity index (χ4v) is 4.72. The first-order valence-corrected chi connectivity index (χ1v) is 12.3. The largest absolute Gasteiger partial charge is 0.493 e. The molecule has 0 radical (unpaired) electrons. The van der Waals surface area contributed by atoms with E-state index in [-0.39, 0.29) is 16.7 Å². The lowest BCUT2D eigenvalue weighted by Gasteiger charge is -2.29. The first-order valence-electron chi connectivity index (χ1n) is 12.3. The molecule has 2 aromatic carbocycles. The zero-order valence-corrected chi connectivity index (χ0v) is 22.3. The van der Waals surface area contributed by atoms with Gasteiger partial charge in [-0.3, -0.25) is 0 Å². The van der Waals surface area contributed by atoms with Crippen LogP contribution in [0.3, 0.4) is 0 Å². The van der Waals surface area contributed by atoms with Gasteiger partial charge in [-0.1, -0.05) is 0 Å². The number of methoxy groups -OCH3 is 1. The number of halogens is 4. The van der Waals surface area contributed by atoms with E-state index in [9.17, 15) is 17.6 Å². The molecule has 206 valence electrons. The lowest BCUT2D eigenvalue weighted by atomic mass is 9.98. The maximum absolute atomic E-state index is 14.9. The number of nitrogens with one attached hydrogen (secondary N) is 1. The molecule has 0 unspecified atom stereocenters. The first kappa shape index (κ1) is 27.7. The van der Waals surface area contributed by atoms with E-state index in [0.717, 1.165) is 12.8 Å². The number of nitrogen functional groups attached to an aromatic ring is 1. The Morgan fingerprint density at radius 2 is 1.79 bits per heavy atom. The van der Waals surface area contributed by atoms with Crippen molar-refractivity contribution in [2.24, 2.45) is 5.41 Å². The molecule has 1 aromatic heterocycles. The molecule has 4 rings (SSSR count). The van der Waals surface area contributed by atoms with Gasteiger partial charge in [-0.15, -0.1) is 0 Å². The molecule has 2 atom stereocenters. The van der Waals surface area contributed by atoms with Crippen LogP contribution in [0.1, 0.15) is 49.7 Å². The number of rotatable bonds is 9. The third kappa shape index (κ3) is 5.43. The Labute approximate surface area is 219 Å². The van der Waals surface area contributed by atoms with Crippen LogP contribution in [0.4, 0.5) is 29.1 Å². The summed E-state index contributed by atoms with van der Waals surface area (Å²) in [5.41, 5.74) is 4.45. The molecule has 0 saturated heterocycles. The summed E-state index contributed by atoms with van der Waals surface area (Å²) in [6.45, 7) is 5.90. The zero-order valence-electron chi connectivity index (χ0n) is 22.3. The van der Waals surface area contributed by atoms with Crippen LogP contribution < -0.4 is 20.5 Å². The van der Waals surface area contributed by atoms with E-state index in [0.29, 0.717) is 52.8 Å². The lowest BCUT2D eigenvalue weighted by molar-refractivity contribution is -0.140. The molecular formula is C27H33F4N5O2. The van der Waals surface area contributed by atoms with Gasteiger partial charge in [0.15, 0.2) is 11.5 Å². The van der Waals surface area contributed by atoms with Gasteiger partial charge in [0.1, 0.15) is 17.5 Å². The normalized spacial score (nSPS) is 16.4. The summed E-state index contributed by atoms with van der Waals surface area (Å²) in [6.07, 6.45) is -2.76. The standard InChI is InChI=1S/C27H33F4N5O2/c1-14(18-9-17(32)10-20(24(18)28)27(29,30)31)33-25-19-11-23(22(37-6)12-21(19)34-16(3)35-25)38-13-26(7-8-26)15(2)36(4)5/h9-12,14-15H,7-8,13,32H2,1-6H3,(H,33,34,35)/t14-,15+/m1/s1. The highest BCUT2D eigenvalue weighted by molar-refractivity contribution is 5.92. The van der Waals surface area contributed by atoms with E-state index in [1.54, 1.807) is 33.1 Å². The smallest absolute Gasteiger partial charge is 0.419 e. The van der Waals surface area contributed by atoms with Crippen LogP contribution >= 0.6 is 0 Å². The average Bonchev–Trinajstić information content (AvgIpc) is 3.63. The maximum Gasteiger partial charge on any atom is 0.419 e. The second-order valence-electron chi connectivity index (χ2n) is 10.3.